The van der Waals surface area contributed by atoms with Crippen molar-refractivity contribution in [3.63, 3.8) is 0 Å². The highest BCUT2D eigenvalue weighted by molar-refractivity contribution is 9.10. The summed E-state index contributed by atoms with van der Waals surface area (Å²) in [4.78, 5) is -0.0489. The molecule has 0 aromatic heterocycles. The van der Waals surface area contributed by atoms with Gasteiger partial charge >= 0.3 is 0 Å². The number of benzene rings is 1. The summed E-state index contributed by atoms with van der Waals surface area (Å²) in [5.74, 6) is -0.574. The van der Waals surface area contributed by atoms with Gasteiger partial charge in [-0.3, -0.25) is 0 Å². The Morgan fingerprint density at radius 1 is 1.38 bits per heavy atom. The lowest BCUT2D eigenvalue weighted by atomic mass is 10.2. The first kappa shape index (κ1) is 18.4. The highest BCUT2D eigenvalue weighted by atomic mass is 79.9. The molecule has 0 fully saturated rings. The third-order valence-corrected chi connectivity index (χ3v) is 6.13. The number of rotatable bonds is 7. The second-order valence-electron chi connectivity index (χ2n) is 5.03. The van der Waals surface area contributed by atoms with Crippen LogP contribution < -0.4 is 5.73 Å². The summed E-state index contributed by atoms with van der Waals surface area (Å²) in [5.41, 5.74) is 5.65. The van der Waals surface area contributed by atoms with Crippen molar-refractivity contribution in [3.05, 3.63) is 22.4 Å². The van der Waals surface area contributed by atoms with E-state index in [-0.39, 0.29) is 21.1 Å². The summed E-state index contributed by atoms with van der Waals surface area (Å²) < 4.78 is 40.6. The number of hydrogen-bond donors (Lipinski definition) is 1. The van der Waals surface area contributed by atoms with Gasteiger partial charge in [-0.1, -0.05) is 20.3 Å². The lowest BCUT2D eigenvalue weighted by Gasteiger charge is -2.28. The summed E-state index contributed by atoms with van der Waals surface area (Å²) in [6.07, 6.45) is 2.36. The van der Waals surface area contributed by atoms with E-state index in [0.717, 1.165) is 18.9 Å². The molecule has 1 unspecified atom stereocenters. The molecule has 1 aromatic rings. The minimum absolute atomic E-state index is 0.0489. The molecule has 4 nitrogen and oxygen atoms in total. The van der Waals surface area contributed by atoms with Crippen LogP contribution in [-0.4, -0.2) is 25.3 Å². The zero-order valence-electron chi connectivity index (χ0n) is 12.6. The minimum atomic E-state index is -3.74. The largest absolute Gasteiger partial charge is 0.398 e. The molecule has 0 radical (unpaired) electrons. The van der Waals surface area contributed by atoms with Gasteiger partial charge in [0.25, 0.3) is 0 Å². The van der Waals surface area contributed by atoms with E-state index in [4.69, 9.17) is 5.73 Å². The van der Waals surface area contributed by atoms with Crippen LogP contribution in [0.15, 0.2) is 21.5 Å². The Morgan fingerprint density at radius 2 is 2.00 bits per heavy atom. The lowest BCUT2D eigenvalue weighted by Crippen LogP contribution is -2.39. The number of sulfonamides is 1. The van der Waals surface area contributed by atoms with Crippen molar-refractivity contribution in [2.75, 3.05) is 12.3 Å². The normalized spacial score (nSPS) is 13.6. The molecule has 1 rings (SSSR count). The number of hydrogen-bond acceptors (Lipinski definition) is 3. The highest BCUT2D eigenvalue weighted by Gasteiger charge is 2.30. The number of nitrogen functional groups attached to an aromatic ring is 1. The fourth-order valence-electron chi connectivity index (χ4n) is 1.99. The van der Waals surface area contributed by atoms with E-state index in [1.165, 1.54) is 10.4 Å². The van der Waals surface area contributed by atoms with Crippen LogP contribution >= 0.6 is 15.9 Å². The Bertz CT molecular complexity index is 593. The second kappa shape index (κ2) is 7.56. The molecule has 0 saturated carbocycles. The lowest BCUT2D eigenvalue weighted by molar-refractivity contribution is 0.324. The fraction of sp³-hybridized carbons (Fsp3) is 0.571. The van der Waals surface area contributed by atoms with Crippen molar-refractivity contribution in [1.29, 1.82) is 0 Å². The molecule has 120 valence electrons. The standard InChI is InChI=1S/C14H22BrFN2O2S/c1-4-6-7-18(10(3)5-2)21(19,20)14-8-11(15)12(16)9-13(14)17/h8-10H,4-7,17H2,1-3H3. The maximum atomic E-state index is 13.4. The summed E-state index contributed by atoms with van der Waals surface area (Å²) in [7, 11) is -3.74. The topological polar surface area (TPSA) is 63.4 Å². The Balaban J connectivity index is 3.31. The molecular weight excluding hydrogens is 359 g/mol. The summed E-state index contributed by atoms with van der Waals surface area (Å²) in [6.45, 7) is 6.23. The van der Waals surface area contributed by atoms with Gasteiger partial charge in [-0.25, -0.2) is 12.8 Å². The van der Waals surface area contributed by atoms with E-state index in [9.17, 15) is 12.8 Å². The molecule has 0 spiro atoms. The summed E-state index contributed by atoms with van der Waals surface area (Å²) >= 11 is 3.02. The van der Waals surface area contributed by atoms with Gasteiger partial charge in [0.05, 0.1) is 10.2 Å². The minimum Gasteiger partial charge on any atom is -0.398 e. The molecule has 0 saturated heterocycles. The highest BCUT2D eigenvalue weighted by Crippen LogP contribution is 2.30. The van der Waals surface area contributed by atoms with Crippen LogP contribution in [0.5, 0.6) is 0 Å². The summed E-state index contributed by atoms with van der Waals surface area (Å²) in [6, 6.07) is 2.14. The van der Waals surface area contributed by atoms with Gasteiger partial charge in [-0.2, -0.15) is 4.31 Å². The number of nitrogens with zero attached hydrogens (tertiary/aromatic N) is 1. The van der Waals surface area contributed by atoms with Gasteiger partial charge in [0, 0.05) is 12.6 Å². The maximum Gasteiger partial charge on any atom is 0.245 e. The fourth-order valence-corrected chi connectivity index (χ4v) is 4.35. The van der Waals surface area contributed by atoms with Gasteiger partial charge in [-0.05, 0) is 47.8 Å². The van der Waals surface area contributed by atoms with Crippen LogP contribution in [0.1, 0.15) is 40.0 Å². The van der Waals surface area contributed by atoms with E-state index >= 15 is 0 Å². The van der Waals surface area contributed by atoms with Crippen molar-refractivity contribution >= 4 is 31.6 Å². The average Bonchev–Trinajstić information content (AvgIpc) is 2.42. The predicted molar refractivity (Wildman–Crippen MR) is 87.1 cm³/mol. The summed E-state index contributed by atoms with van der Waals surface area (Å²) in [5, 5.41) is 0. The molecule has 1 atom stereocenters. The zero-order chi connectivity index (χ0) is 16.2. The molecule has 1 aromatic carbocycles. The number of nitrogens with two attached hydrogens (primary N) is 1. The van der Waals surface area contributed by atoms with Crippen LogP contribution in [0.2, 0.25) is 0 Å². The van der Waals surface area contributed by atoms with E-state index in [0.29, 0.717) is 13.0 Å². The maximum absolute atomic E-state index is 13.4. The zero-order valence-corrected chi connectivity index (χ0v) is 15.0. The Labute approximate surface area is 134 Å². The van der Waals surface area contributed by atoms with Crippen LogP contribution in [0, 0.1) is 5.82 Å². The monoisotopic (exact) mass is 380 g/mol. The molecule has 21 heavy (non-hydrogen) atoms. The Morgan fingerprint density at radius 3 is 2.52 bits per heavy atom. The van der Waals surface area contributed by atoms with Crippen molar-refractivity contribution in [2.24, 2.45) is 0 Å². The third-order valence-electron chi connectivity index (χ3n) is 3.45. The van der Waals surface area contributed by atoms with Crippen LogP contribution in [0.25, 0.3) is 0 Å². The predicted octanol–water partition coefficient (Wildman–Crippen LogP) is 3.76. The third kappa shape index (κ3) is 4.17. The average molecular weight is 381 g/mol. The van der Waals surface area contributed by atoms with E-state index in [1.54, 1.807) is 0 Å². The van der Waals surface area contributed by atoms with Crippen LogP contribution in [0.4, 0.5) is 10.1 Å². The Hall–Kier alpha value is -0.660. The Kier molecular flexibility index (Phi) is 6.62. The van der Waals surface area contributed by atoms with Gasteiger partial charge in [0.2, 0.25) is 10.0 Å². The smallest absolute Gasteiger partial charge is 0.245 e. The van der Waals surface area contributed by atoms with Crippen LogP contribution in [-0.2, 0) is 10.0 Å². The first-order valence-electron chi connectivity index (χ1n) is 7.02. The molecule has 0 bridgehead atoms. The molecule has 0 aliphatic carbocycles. The molecule has 0 heterocycles. The van der Waals surface area contributed by atoms with Gasteiger partial charge in [-0.15, -0.1) is 0 Å². The van der Waals surface area contributed by atoms with Gasteiger partial charge in [0.15, 0.2) is 0 Å². The van der Waals surface area contributed by atoms with Crippen LogP contribution in [0.3, 0.4) is 0 Å². The SMILES string of the molecule is CCCCN(C(C)CC)S(=O)(=O)c1cc(Br)c(F)cc1N. The molecule has 7 heteroatoms. The molecule has 0 amide bonds. The van der Waals surface area contributed by atoms with E-state index in [2.05, 4.69) is 15.9 Å². The molecule has 0 aliphatic rings. The first-order valence-corrected chi connectivity index (χ1v) is 9.25. The van der Waals surface area contributed by atoms with E-state index < -0.39 is 15.8 Å². The van der Waals surface area contributed by atoms with Crippen molar-refractivity contribution in [1.82, 2.24) is 4.31 Å². The van der Waals surface area contributed by atoms with Crippen molar-refractivity contribution < 1.29 is 12.8 Å². The van der Waals surface area contributed by atoms with Crippen molar-refractivity contribution in [3.8, 4) is 0 Å². The number of unbranched alkanes of at least 4 members (excludes halogenated alkanes) is 1. The van der Waals surface area contributed by atoms with Gasteiger partial charge in [0.1, 0.15) is 10.7 Å². The second-order valence-corrected chi connectivity index (χ2v) is 7.74. The van der Waals surface area contributed by atoms with Crippen molar-refractivity contribution in [2.45, 2.75) is 51.0 Å². The number of halogens is 2. The number of anilines is 1. The quantitative estimate of drug-likeness (QED) is 0.732. The first-order chi connectivity index (χ1) is 9.75. The van der Waals surface area contributed by atoms with Gasteiger partial charge < -0.3 is 5.73 Å². The van der Waals surface area contributed by atoms with E-state index in [1.807, 2.05) is 20.8 Å². The molecular formula is C14H22BrFN2O2S. The molecule has 0 aliphatic heterocycles. The molecule has 2 N–H and O–H groups in total.